The van der Waals surface area contributed by atoms with Gasteiger partial charge in [-0.15, -0.1) is 5.10 Å². The van der Waals surface area contributed by atoms with Gasteiger partial charge in [-0.3, -0.25) is 10.1 Å². The van der Waals surface area contributed by atoms with Crippen molar-refractivity contribution in [2.24, 2.45) is 0 Å². The Hall–Kier alpha value is -3.29. The first-order valence-electron chi connectivity index (χ1n) is 6.88. The molecule has 0 aliphatic rings. The van der Waals surface area contributed by atoms with Crippen molar-refractivity contribution in [3.05, 3.63) is 70.5 Å². The number of tetrazole rings is 1. The summed E-state index contributed by atoms with van der Waals surface area (Å²) in [6.07, 6.45) is 1.19. The van der Waals surface area contributed by atoms with Crippen molar-refractivity contribution in [2.45, 2.75) is 13.0 Å². The summed E-state index contributed by atoms with van der Waals surface area (Å²) in [5, 5.41) is 21.8. The number of nitro benzene ring substituents is 1. The van der Waals surface area contributed by atoms with E-state index in [1.807, 2.05) is 19.1 Å². The lowest BCUT2D eigenvalue weighted by Gasteiger charge is -2.15. The largest absolute Gasteiger partial charge is 0.486 e. The van der Waals surface area contributed by atoms with Crippen LogP contribution in [0, 0.1) is 10.1 Å². The molecule has 0 saturated heterocycles. The van der Waals surface area contributed by atoms with E-state index in [9.17, 15) is 10.1 Å². The molecule has 0 amide bonds. The predicted molar refractivity (Wildman–Crippen MR) is 81.3 cm³/mol. The number of non-ortho nitro benzene ring substituents is 1. The number of nitrogens with zero attached hydrogens (tertiary/aromatic N) is 5. The summed E-state index contributed by atoms with van der Waals surface area (Å²) >= 11 is 0. The molecule has 1 unspecified atom stereocenters. The van der Waals surface area contributed by atoms with E-state index in [0.717, 1.165) is 11.3 Å². The minimum absolute atomic E-state index is 0.0481. The van der Waals surface area contributed by atoms with Crippen molar-refractivity contribution in [3.63, 3.8) is 0 Å². The molecule has 3 aromatic rings. The second kappa shape index (κ2) is 6.22. The molecule has 8 heteroatoms. The van der Waals surface area contributed by atoms with Gasteiger partial charge in [0.1, 0.15) is 18.2 Å². The van der Waals surface area contributed by atoms with Gasteiger partial charge in [-0.05, 0) is 47.2 Å². The molecule has 8 nitrogen and oxygen atoms in total. The van der Waals surface area contributed by atoms with E-state index in [-0.39, 0.29) is 11.8 Å². The van der Waals surface area contributed by atoms with Crippen molar-refractivity contribution in [3.8, 4) is 11.4 Å². The monoisotopic (exact) mass is 311 g/mol. The Morgan fingerprint density at radius 3 is 2.65 bits per heavy atom. The minimum Gasteiger partial charge on any atom is -0.486 e. The summed E-state index contributed by atoms with van der Waals surface area (Å²) in [7, 11) is 0. The number of ether oxygens (including phenoxy) is 1. The van der Waals surface area contributed by atoms with Gasteiger partial charge in [-0.2, -0.15) is 0 Å². The number of hydrogen-bond acceptors (Lipinski definition) is 6. The highest BCUT2D eigenvalue weighted by Crippen LogP contribution is 2.25. The molecule has 0 saturated carbocycles. The smallest absolute Gasteiger partial charge is 0.269 e. The third-order valence-corrected chi connectivity index (χ3v) is 3.31. The van der Waals surface area contributed by atoms with E-state index >= 15 is 0 Å². The molecule has 0 aliphatic carbocycles. The zero-order valence-electron chi connectivity index (χ0n) is 12.2. The fourth-order valence-electron chi connectivity index (χ4n) is 2.12. The maximum absolute atomic E-state index is 10.8. The Morgan fingerprint density at radius 1 is 1.22 bits per heavy atom. The molecule has 23 heavy (non-hydrogen) atoms. The molecule has 1 atom stereocenters. The van der Waals surface area contributed by atoms with Crippen molar-refractivity contribution in [2.75, 3.05) is 0 Å². The van der Waals surface area contributed by atoms with Gasteiger partial charge < -0.3 is 4.74 Å². The quantitative estimate of drug-likeness (QED) is 0.531. The fourth-order valence-corrected chi connectivity index (χ4v) is 2.12. The maximum Gasteiger partial charge on any atom is 0.269 e. The molecular weight excluding hydrogens is 298 g/mol. The lowest BCUT2D eigenvalue weighted by Crippen LogP contribution is -2.04. The van der Waals surface area contributed by atoms with E-state index in [1.54, 1.807) is 24.3 Å². The number of nitro groups is 1. The summed E-state index contributed by atoms with van der Waals surface area (Å²) in [5.41, 5.74) is 1.60. The lowest BCUT2D eigenvalue weighted by atomic mass is 10.1. The van der Waals surface area contributed by atoms with Crippen LogP contribution in [0.4, 0.5) is 5.69 Å². The average Bonchev–Trinajstić information content (AvgIpc) is 3.10. The third-order valence-electron chi connectivity index (χ3n) is 3.31. The SMILES string of the molecule is CC(Oc1ccc(-n2cnnn2)cc1)c1cccc([N+](=O)[O-])c1. The van der Waals surface area contributed by atoms with Crippen LogP contribution >= 0.6 is 0 Å². The van der Waals surface area contributed by atoms with Gasteiger partial charge in [0.15, 0.2) is 0 Å². The van der Waals surface area contributed by atoms with Crippen LogP contribution < -0.4 is 4.74 Å². The van der Waals surface area contributed by atoms with Crippen LogP contribution in [-0.2, 0) is 0 Å². The maximum atomic E-state index is 10.8. The van der Waals surface area contributed by atoms with Gasteiger partial charge in [0, 0.05) is 12.1 Å². The van der Waals surface area contributed by atoms with E-state index in [4.69, 9.17) is 4.74 Å². The Morgan fingerprint density at radius 2 is 2.00 bits per heavy atom. The number of hydrogen-bond donors (Lipinski definition) is 0. The van der Waals surface area contributed by atoms with Crippen molar-refractivity contribution in [1.82, 2.24) is 20.2 Å². The number of rotatable bonds is 5. The first-order chi connectivity index (χ1) is 11.1. The first kappa shape index (κ1) is 14.6. The third kappa shape index (κ3) is 3.31. The van der Waals surface area contributed by atoms with Gasteiger partial charge in [-0.25, -0.2) is 4.68 Å². The molecule has 0 spiro atoms. The first-order valence-corrected chi connectivity index (χ1v) is 6.88. The molecule has 1 heterocycles. The van der Waals surface area contributed by atoms with Crippen LogP contribution in [-0.4, -0.2) is 25.1 Å². The van der Waals surface area contributed by atoms with Gasteiger partial charge in [-0.1, -0.05) is 12.1 Å². The molecule has 3 rings (SSSR count). The summed E-state index contributed by atoms with van der Waals surface area (Å²) < 4.78 is 7.36. The zero-order valence-corrected chi connectivity index (χ0v) is 12.2. The number of aromatic nitrogens is 4. The van der Waals surface area contributed by atoms with Crippen LogP contribution in [0.15, 0.2) is 54.9 Å². The van der Waals surface area contributed by atoms with Gasteiger partial charge in [0.25, 0.3) is 5.69 Å². The van der Waals surface area contributed by atoms with Gasteiger partial charge >= 0.3 is 0 Å². The topological polar surface area (TPSA) is 96.0 Å². The molecule has 0 radical (unpaired) electrons. The summed E-state index contributed by atoms with van der Waals surface area (Å²) in [6, 6.07) is 13.7. The van der Waals surface area contributed by atoms with Crippen LogP contribution in [0.2, 0.25) is 0 Å². The molecule has 0 fully saturated rings. The highest BCUT2D eigenvalue weighted by molar-refractivity contribution is 5.38. The lowest BCUT2D eigenvalue weighted by molar-refractivity contribution is -0.385. The Labute approximate surface area is 131 Å². The van der Waals surface area contributed by atoms with Crippen molar-refractivity contribution in [1.29, 1.82) is 0 Å². The van der Waals surface area contributed by atoms with Crippen LogP contribution in [0.3, 0.4) is 0 Å². The van der Waals surface area contributed by atoms with Gasteiger partial charge in [0.05, 0.1) is 10.6 Å². The Balaban J connectivity index is 1.74. The summed E-state index contributed by atoms with van der Waals surface area (Å²) in [5.74, 6) is 0.654. The highest BCUT2D eigenvalue weighted by atomic mass is 16.6. The normalized spacial score (nSPS) is 11.9. The molecule has 0 N–H and O–H groups in total. The molecule has 116 valence electrons. The second-order valence-corrected chi connectivity index (χ2v) is 4.86. The van der Waals surface area contributed by atoms with E-state index in [2.05, 4.69) is 15.5 Å². The van der Waals surface area contributed by atoms with Crippen molar-refractivity contribution >= 4 is 5.69 Å². The van der Waals surface area contributed by atoms with E-state index < -0.39 is 4.92 Å². The molecular formula is C15H13N5O3. The summed E-state index contributed by atoms with van der Waals surface area (Å²) in [4.78, 5) is 10.4. The van der Waals surface area contributed by atoms with Gasteiger partial charge in [0.2, 0.25) is 0 Å². The highest BCUT2D eigenvalue weighted by Gasteiger charge is 2.12. The minimum atomic E-state index is -0.419. The molecule has 0 bridgehead atoms. The Kier molecular flexibility index (Phi) is 3.96. The second-order valence-electron chi connectivity index (χ2n) is 4.86. The Bertz CT molecular complexity index is 802. The zero-order chi connectivity index (χ0) is 16.2. The standard InChI is InChI=1S/C15H13N5O3/c1-11(12-3-2-4-14(9-12)20(21)22)23-15-7-5-13(6-8-15)19-10-16-17-18-19/h2-11H,1H3. The number of benzene rings is 2. The fraction of sp³-hybridized carbons (Fsp3) is 0.133. The predicted octanol–water partition coefficient (Wildman–Crippen LogP) is 2.71. The van der Waals surface area contributed by atoms with Crippen LogP contribution in [0.5, 0.6) is 5.75 Å². The van der Waals surface area contributed by atoms with E-state index in [1.165, 1.54) is 23.1 Å². The van der Waals surface area contributed by atoms with Crippen LogP contribution in [0.25, 0.3) is 5.69 Å². The molecule has 0 aliphatic heterocycles. The van der Waals surface area contributed by atoms with Crippen molar-refractivity contribution < 1.29 is 9.66 Å². The van der Waals surface area contributed by atoms with E-state index in [0.29, 0.717) is 5.75 Å². The molecule has 2 aromatic carbocycles. The molecule has 1 aromatic heterocycles. The average molecular weight is 311 g/mol. The van der Waals surface area contributed by atoms with Crippen LogP contribution in [0.1, 0.15) is 18.6 Å². The summed E-state index contributed by atoms with van der Waals surface area (Å²) in [6.45, 7) is 1.84.